The summed E-state index contributed by atoms with van der Waals surface area (Å²) < 4.78 is 5.50. The molecule has 1 rings (SSSR count). The number of rotatable bonds is 4. The highest BCUT2D eigenvalue weighted by Crippen LogP contribution is 2.14. The number of hydrogen-bond acceptors (Lipinski definition) is 3. The van der Waals surface area contributed by atoms with Crippen molar-refractivity contribution in [2.75, 3.05) is 7.05 Å². The van der Waals surface area contributed by atoms with E-state index in [0.29, 0.717) is 6.42 Å². The lowest BCUT2D eigenvalue weighted by atomic mass is 10.1. The first-order valence-corrected chi connectivity index (χ1v) is 5.26. The van der Waals surface area contributed by atoms with Crippen molar-refractivity contribution in [1.29, 1.82) is 0 Å². The molecule has 1 aromatic carbocycles. The smallest absolute Gasteiger partial charge is 0.240 e. The van der Waals surface area contributed by atoms with E-state index in [1.54, 1.807) is 7.05 Å². The number of nitrogens with two attached hydrogens (primary N) is 1. The molecular weight excluding hydrogens is 204 g/mol. The van der Waals surface area contributed by atoms with E-state index in [2.05, 4.69) is 0 Å². The Bertz CT molecular complexity index is 345. The van der Waals surface area contributed by atoms with Crippen LogP contribution < -0.4 is 10.6 Å². The molecule has 0 aliphatic carbocycles. The van der Waals surface area contributed by atoms with Gasteiger partial charge in [-0.3, -0.25) is 9.80 Å². The van der Waals surface area contributed by atoms with Gasteiger partial charge in [0.25, 0.3) is 0 Å². The molecule has 0 aromatic heterocycles. The summed E-state index contributed by atoms with van der Waals surface area (Å²) in [6.07, 6.45) is 0.470. The molecule has 0 atom stereocenters. The van der Waals surface area contributed by atoms with Gasteiger partial charge in [0.15, 0.2) is 0 Å². The molecule has 0 aliphatic rings. The lowest BCUT2D eigenvalue weighted by Gasteiger charge is -2.11. The SMILES string of the molecule is CC(C)Oc1ccc(CC(=O)N(C)N)cc1. The van der Waals surface area contributed by atoms with Gasteiger partial charge < -0.3 is 4.74 Å². The van der Waals surface area contributed by atoms with E-state index in [0.717, 1.165) is 16.3 Å². The van der Waals surface area contributed by atoms with Crippen LogP contribution in [0.2, 0.25) is 0 Å². The highest BCUT2D eigenvalue weighted by molar-refractivity contribution is 5.77. The molecule has 0 unspecified atom stereocenters. The second kappa shape index (κ2) is 5.51. The minimum atomic E-state index is -0.113. The van der Waals surface area contributed by atoms with E-state index in [9.17, 15) is 4.79 Å². The largest absolute Gasteiger partial charge is 0.491 e. The Morgan fingerprint density at radius 1 is 1.38 bits per heavy atom. The number of nitrogens with zero attached hydrogens (tertiary/aromatic N) is 1. The normalized spacial score (nSPS) is 10.3. The molecule has 0 saturated carbocycles. The number of carbonyl (C=O) groups is 1. The Labute approximate surface area is 96.0 Å². The Kier molecular flexibility index (Phi) is 4.31. The molecule has 1 aromatic rings. The second-order valence-corrected chi connectivity index (χ2v) is 3.99. The molecule has 88 valence electrons. The van der Waals surface area contributed by atoms with Gasteiger partial charge in [0.1, 0.15) is 5.75 Å². The second-order valence-electron chi connectivity index (χ2n) is 3.99. The zero-order valence-electron chi connectivity index (χ0n) is 9.93. The molecule has 16 heavy (non-hydrogen) atoms. The number of amides is 1. The van der Waals surface area contributed by atoms with Gasteiger partial charge in [0.05, 0.1) is 12.5 Å². The van der Waals surface area contributed by atoms with Gasteiger partial charge in [-0.15, -0.1) is 0 Å². The van der Waals surface area contributed by atoms with Gasteiger partial charge in [-0.05, 0) is 31.5 Å². The summed E-state index contributed by atoms with van der Waals surface area (Å²) in [7, 11) is 1.54. The summed E-state index contributed by atoms with van der Waals surface area (Å²) in [5.74, 6) is 6.04. The zero-order chi connectivity index (χ0) is 12.1. The average molecular weight is 222 g/mol. The maximum atomic E-state index is 11.3. The number of benzene rings is 1. The summed E-state index contributed by atoms with van der Waals surface area (Å²) in [4.78, 5) is 11.3. The highest BCUT2D eigenvalue weighted by atomic mass is 16.5. The van der Waals surface area contributed by atoms with Crippen LogP contribution in [-0.4, -0.2) is 24.1 Å². The molecule has 4 nitrogen and oxygen atoms in total. The van der Waals surface area contributed by atoms with Gasteiger partial charge in [0, 0.05) is 7.05 Å². The highest BCUT2D eigenvalue weighted by Gasteiger charge is 2.06. The Hall–Kier alpha value is -1.55. The maximum absolute atomic E-state index is 11.3. The first-order chi connectivity index (χ1) is 7.49. The quantitative estimate of drug-likeness (QED) is 0.475. The molecule has 0 bridgehead atoms. The maximum Gasteiger partial charge on any atom is 0.240 e. The van der Waals surface area contributed by atoms with Crippen molar-refractivity contribution in [3.63, 3.8) is 0 Å². The van der Waals surface area contributed by atoms with Gasteiger partial charge in [-0.25, -0.2) is 5.84 Å². The Morgan fingerprint density at radius 3 is 2.38 bits per heavy atom. The molecule has 1 amide bonds. The molecule has 0 spiro atoms. The van der Waals surface area contributed by atoms with Gasteiger partial charge in [-0.2, -0.15) is 0 Å². The predicted molar refractivity (Wildman–Crippen MR) is 62.9 cm³/mol. The summed E-state index contributed by atoms with van der Waals surface area (Å²) in [6, 6.07) is 7.47. The van der Waals surface area contributed by atoms with Crippen molar-refractivity contribution < 1.29 is 9.53 Å². The van der Waals surface area contributed by atoms with Crippen molar-refractivity contribution in [2.45, 2.75) is 26.4 Å². The van der Waals surface area contributed by atoms with E-state index in [1.807, 2.05) is 38.1 Å². The van der Waals surface area contributed by atoms with Crippen LogP contribution >= 0.6 is 0 Å². The minimum Gasteiger partial charge on any atom is -0.491 e. The third-order valence-corrected chi connectivity index (χ3v) is 2.04. The predicted octanol–water partition coefficient (Wildman–Crippen LogP) is 1.35. The van der Waals surface area contributed by atoms with Crippen LogP contribution in [0.4, 0.5) is 0 Å². The number of carbonyl (C=O) groups excluding carboxylic acids is 1. The Morgan fingerprint density at radius 2 is 1.94 bits per heavy atom. The van der Waals surface area contributed by atoms with Crippen LogP contribution in [0.1, 0.15) is 19.4 Å². The molecular formula is C12H18N2O2. The number of hydrogen-bond donors (Lipinski definition) is 1. The van der Waals surface area contributed by atoms with Crippen molar-refractivity contribution in [1.82, 2.24) is 5.01 Å². The monoisotopic (exact) mass is 222 g/mol. The molecule has 0 aliphatic heterocycles. The van der Waals surface area contributed by atoms with Crippen molar-refractivity contribution in [3.05, 3.63) is 29.8 Å². The van der Waals surface area contributed by atoms with Crippen LogP contribution in [-0.2, 0) is 11.2 Å². The summed E-state index contributed by atoms with van der Waals surface area (Å²) in [6.45, 7) is 3.95. The van der Waals surface area contributed by atoms with E-state index in [-0.39, 0.29) is 12.0 Å². The Balaban J connectivity index is 2.61. The van der Waals surface area contributed by atoms with E-state index in [4.69, 9.17) is 10.6 Å². The fraction of sp³-hybridized carbons (Fsp3) is 0.417. The molecule has 0 fully saturated rings. The topological polar surface area (TPSA) is 55.6 Å². The summed E-state index contributed by atoms with van der Waals surface area (Å²) >= 11 is 0. The first-order valence-electron chi connectivity index (χ1n) is 5.26. The molecule has 0 saturated heterocycles. The molecule has 2 N–H and O–H groups in total. The lowest BCUT2D eigenvalue weighted by Crippen LogP contribution is -2.34. The summed E-state index contributed by atoms with van der Waals surface area (Å²) in [5, 5.41) is 1.10. The molecule has 4 heteroatoms. The third-order valence-electron chi connectivity index (χ3n) is 2.04. The number of likely N-dealkylation sites (N-methyl/N-ethyl adjacent to an activating group) is 1. The molecule has 0 radical (unpaired) electrons. The van der Waals surface area contributed by atoms with Crippen LogP contribution in [0.5, 0.6) is 5.75 Å². The van der Waals surface area contributed by atoms with E-state index in [1.165, 1.54) is 0 Å². The van der Waals surface area contributed by atoms with Crippen molar-refractivity contribution in [3.8, 4) is 5.75 Å². The van der Waals surface area contributed by atoms with Gasteiger partial charge in [0.2, 0.25) is 5.91 Å². The minimum absolute atomic E-state index is 0.113. The van der Waals surface area contributed by atoms with E-state index >= 15 is 0 Å². The van der Waals surface area contributed by atoms with Gasteiger partial charge in [-0.1, -0.05) is 12.1 Å². The van der Waals surface area contributed by atoms with E-state index < -0.39 is 0 Å². The van der Waals surface area contributed by atoms with Crippen molar-refractivity contribution in [2.24, 2.45) is 5.84 Å². The van der Waals surface area contributed by atoms with Crippen LogP contribution in [0.25, 0.3) is 0 Å². The summed E-state index contributed by atoms with van der Waals surface area (Å²) in [5.41, 5.74) is 0.929. The average Bonchev–Trinajstić information content (AvgIpc) is 2.20. The van der Waals surface area contributed by atoms with Gasteiger partial charge >= 0.3 is 0 Å². The standard InChI is InChI=1S/C12H18N2O2/c1-9(2)16-11-6-4-10(5-7-11)8-12(15)14(3)13/h4-7,9H,8,13H2,1-3H3. The number of ether oxygens (including phenoxy) is 1. The number of hydrazine groups is 1. The van der Waals surface area contributed by atoms with Crippen molar-refractivity contribution >= 4 is 5.91 Å². The fourth-order valence-corrected chi connectivity index (χ4v) is 1.26. The van der Waals surface area contributed by atoms with Crippen LogP contribution in [0, 0.1) is 0 Å². The third kappa shape index (κ3) is 3.90. The fourth-order valence-electron chi connectivity index (χ4n) is 1.26. The van der Waals surface area contributed by atoms with Crippen LogP contribution in [0.3, 0.4) is 0 Å². The molecule has 0 heterocycles. The zero-order valence-corrected chi connectivity index (χ0v) is 9.93. The van der Waals surface area contributed by atoms with Crippen LogP contribution in [0.15, 0.2) is 24.3 Å². The lowest BCUT2D eigenvalue weighted by molar-refractivity contribution is -0.129. The first kappa shape index (κ1) is 12.5.